The summed E-state index contributed by atoms with van der Waals surface area (Å²) in [7, 11) is 0. The van der Waals surface area contributed by atoms with Crippen molar-refractivity contribution >= 4 is 35.6 Å². The van der Waals surface area contributed by atoms with Crippen LogP contribution < -0.4 is 38.9 Å². The number of imidazole rings is 1. The number of aromatic amines is 1. The molecule has 4 unspecified atom stereocenters. The molecule has 0 bridgehead atoms. The lowest BCUT2D eigenvalue weighted by atomic mass is 10.0. The maximum atomic E-state index is 13.2. The van der Waals surface area contributed by atoms with E-state index in [1.165, 1.54) is 12.5 Å². The van der Waals surface area contributed by atoms with E-state index < -0.39 is 60.2 Å². The summed E-state index contributed by atoms with van der Waals surface area (Å²) in [5.41, 5.74) is 22.3. The Labute approximate surface area is 219 Å². The molecule has 0 saturated heterocycles. The SMILES string of the molecule is CC(C)CC(NC(=O)C(CCCN=C(N)N)NC(=O)C(N)Cc1cnc[nH]1)C(=O)NC(CC(N)=O)C(=O)O. The number of aliphatic imine (C=N–C) groups is 1. The third-order valence-corrected chi connectivity index (χ3v) is 5.27. The molecular weight excluding hydrogens is 500 g/mol. The first-order valence-electron chi connectivity index (χ1n) is 12.0. The van der Waals surface area contributed by atoms with Gasteiger partial charge in [-0.15, -0.1) is 0 Å². The van der Waals surface area contributed by atoms with Gasteiger partial charge in [-0.3, -0.25) is 24.2 Å². The van der Waals surface area contributed by atoms with E-state index in [9.17, 15) is 29.1 Å². The lowest BCUT2D eigenvalue weighted by Gasteiger charge is -2.26. The molecule has 0 fully saturated rings. The van der Waals surface area contributed by atoms with E-state index >= 15 is 0 Å². The van der Waals surface area contributed by atoms with Crippen LogP contribution in [0.25, 0.3) is 0 Å². The summed E-state index contributed by atoms with van der Waals surface area (Å²) >= 11 is 0. The van der Waals surface area contributed by atoms with Crippen LogP contribution in [0.3, 0.4) is 0 Å². The van der Waals surface area contributed by atoms with E-state index in [1.54, 1.807) is 13.8 Å². The number of rotatable bonds is 17. The van der Waals surface area contributed by atoms with Crippen molar-refractivity contribution in [3.8, 4) is 0 Å². The molecular formula is C22H38N10O6. The molecule has 1 heterocycles. The van der Waals surface area contributed by atoms with Crippen LogP contribution in [-0.2, 0) is 30.4 Å². The summed E-state index contributed by atoms with van der Waals surface area (Å²) in [5, 5.41) is 16.7. The summed E-state index contributed by atoms with van der Waals surface area (Å²) in [6, 6.07) is -4.83. The van der Waals surface area contributed by atoms with E-state index in [0.717, 1.165) is 0 Å². The molecule has 0 aliphatic carbocycles. The lowest BCUT2D eigenvalue weighted by Crippen LogP contribution is -2.57. The average molecular weight is 539 g/mol. The number of amides is 4. The summed E-state index contributed by atoms with van der Waals surface area (Å²) < 4.78 is 0. The van der Waals surface area contributed by atoms with Crippen LogP contribution >= 0.6 is 0 Å². The van der Waals surface area contributed by atoms with Crippen molar-refractivity contribution in [1.82, 2.24) is 25.9 Å². The molecule has 1 aromatic rings. The Morgan fingerprint density at radius 2 is 1.61 bits per heavy atom. The Kier molecular flexibility index (Phi) is 13.2. The molecule has 212 valence electrons. The minimum Gasteiger partial charge on any atom is -0.480 e. The summed E-state index contributed by atoms with van der Waals surface area (Å²) in [6.07, 6.45) is 3.05. The van der Waals surface area contributed by atoms with Gasteiger partial charge < -0.3 is 49.0 Å². The van der Waals surface area contributed by atoms with Crippen LogP contribution in [-0.4, -0.2) is 81.3 Å². The van der Waals surface area contributed by atoms with Crippen molar-refractivity contribution in [3.05, 3.63) is 18.2 Å². The minimum absolute atomic E-state index is 0.0804. The first-order valence-corrected chi connectivity index (χ1v) is 12.0. The molecule has 0 radical (unpaired) electrons. The van der Waals surface area contributed by atoms with E-state index in [4.69, 9.17) is 22.9 Å². The van der Waals surface area contributed by atoms with Crippen LogP contribution in [0.5, 0.6) is 0 Å². The molecule has 16 nitrogen and oxygen atoms in total. The number of guanidine groups is 1. The minimum atomic E-state index is -1.57. The number of primary amides is 1. The number of hydrogen-bond donors (Lipinski definition) is 9. The van der Waals surface area contributed by atoms with E-state index in [2.05, 4.69) is 30.9 Å². The molecule has 0 spiro atoms. The van der Waals surface area contributed by atoms with Crippen molar-refractivity contribution in [1.29, 1.82) is 0 Å². The van der Waals surface area contributed by atoms with Crippen molar-refractivity contribution in [2.24, 2.45) is 33.8 Å². The van der Waals surface area contributed by atoms with Crippen molar-refractivity contribution in [3.63, 3.8) is 0 Å². The fraction of sp³-hybridized carbons (Fsp3) is 0.591. The molecule has 0 aliphatic heterocycles. The molecule has 13 N–H and O–H groups in total. The number of H-pyrrole nitrogens is 1. The average Bonchev–Trinajstić information content (AvgIpc) is 3.32. The number of nitrogens with two attached hydrogens (primary N) is 4. The van der Waals surface area contributed by atoms with Gasteiger partial charge in [0.1, 0.15) is 18.1 Å². The fourth-order valence-electron chi connectivity index (χ4n) is 3.43. The van der Waals surface area contributed by atoms with Crippen LogP contribution in [0.1, 0.15) is 45.2 Å². The van der Waals surface area contributed by atoms with Gasteiger partial charge in [-0.2, -0.15) is 0 Å². The smallest absolute Gasteiger partial charge is 0.326 e. The van der Waals surface area contributed by atoms with Crippen LogP contribution in [0.4, 0.5) is 0 Å². The van der Waals surface area contributed by atoms with Gasteiger partial charge in [0.2, 0.25) is 23.6 Å². The van der Waals surface area contributed by atoms with Gasteiger partial charge in [0.15, 0.2) is 5.96 Å². The maximum Gasteiger partial charge on any atom is 0.326 e. The summed E-state index contributed by atoms with van der Waals surface area (Å²) in [4.78, 5) is 72.0. The molecule has 1 rings (SSSR count). The van der Waals surface area contributed by atoms with Gasteiger partial charge in [-0.1, -0.05) is 13.8 Å². The zero-order valence-corrected chi connectivity index (χ0v) is 21.5. The molecule has 4 atom stereocenters. The maximum absolute atomic E-state index is 13.2. The predicted molar refractivity (Wildman–Crippen MR) is 137 cm³/mol. The first kappa shape index (κ1) is 31.8. The number of aromatic nitrogens is 2. The highest BCUT2D eigenvalue weighted by atomic mass is 16.4. The van der Waals surface area contributed by atoms with E-state index in [0.29, 0.717) is 12.1 Å². The Hall–Kier alpha value is -4.21. The highest BCUT2D eigenvalue weighted by molar-refractivity contribution is 5.94. The predicted octanol–water partition coefficient (Wildman–Crippen LogP) is -3.21. The highest BCUT2D eigenvalue weighted by Gasteiger charge is 2.31. The molecule has 4 amide bonds. The Bertz CT molecular complexity index is 977. The standard InChI is InChI=1S/C22H38N10O6/c1-11(2)6-15(20(36)32-16(21(37)38)8-17(24)33)31-19(35)14(4-3-5-28-22(25)26)30-18(34)13(23)7-12-9-27-10-29-12/h9-11,13-16H,3-8,23H2,1-2H3,(H2,24,33)(H,27,29)(H,30,34)(H,31,35)(H,32,36)(H,37,38)(H4,25,26,28). The number of nitrogens with one attached hydrogen (secondary N) is 4. The second-order valence-electron chi connectivity index (χ2n) is 9.16. The van der Waals surface area contributed by atoms with Crippen molar-refractivity contribution in [2.75, 3.05) is 6.54 Å². The molecule has 1 aromatic heterocycles. The van der Waals surface area contributed by atoms with Gasteiger partial charge in [-0.25, -0.2) is 9.78 Å². The van der Waals surface area contributed by atoms with Crippen LogP contribution in [0.15, 0.2) is 17.5 Å². The topological polar surface area (TPSA) is 287 Å². The third kappa shape index (κ3) is 12.2. The molecule has 0 aromatic carbocycles. The molecule has 0 saturated carbocycles. The van der Waals surface area contributed by atoms with Gasteiger partial charge in [0.05, 0.1) is 18.8 Å². The van der Waals surface area contributed by atoms with Gasteiger partial charge in [0.25, 0.3) is 0 Å². The Balaban J connectivity index is 3.01. The first-order chi connectivity index (χ1) is 17.8. The number of carbonyl (C=O) groups is 5. The van der Waals surface area contributed by atoms with Gasteiger partial charge in [-0.05, 0) is 25.2 Å². The number of carboxylic acid groups (broad SMARTS) is 1. The molecule has 0 aliphatic rings. The quantitative estimate of drug-likeness (QED) is 0.0543. The number of carboxylic acids is 1. The highest BCUT2D eigenvalue weighted by Crippen LogP contribution is 2.08. The zero-order valence-electron chi connectivity index (χ0n) is 21.5. The summed E-state index contributed by atoms with van der Waals surface area (Å²) in [6.45, 7) is 3.78. The largest absolute Gasteiger partial charge is 0.480 e. The fourth-order valence-corrected chi connectivity index (χ4v) is 3.43. The van der Waals surface area contributed by atoms with Crippen molar-refractivity contribution < 1.29 is 29.1 Å². The van der Waals surface area contributed by atoms with E-state index in [1.807, 2.05) is 0 Å². The van der Waals surface area contributed by atoms with Crippen LogP contribution in [0, 0.1) is 5.92 Å². The number of aliphatic carboxylic acids is 1. The second-order valence-corrected chi connectivity index (χ2v) is 9.16. The van der Waals surface area contributed by atoms with E-state index in [-0.39, 0.29) is 37.7 Å². The Morgan fingerprint density at radius 1 is 1.00 bits per heavy atom. The Morgan fingerprint density at radius 3 is 2.13 bits per heavy atom. The monoisotopic (exact) mass is 538 g/mol. The summed E-state index contributed by atoms with van der Waals surface area (Å²) in [5.74, 6) is -4.71. The van der Waals surface area contributed by atoms with Gasteiger partial charge in [0, 0.05) is 24.9 Å². The molecule has 16 heteroatoms. The number of nitrogens with zero attached hydrogens (tertiary/aromatic N) is 2. The van der Waals surface area contributed by atoms with Gasteiger partial charge >= 0.3 is 5.97 Å². The van der Waals surface area contributed by atoms with Crippen molar-refractivity contribution in [2.45, 2.75) is 70.1 Å². The number of carbonyl (C=O) groups excluding carboxylic acids is 4. The van der Waals surface area contributed by atoms with Crippen LogP contribution in [0.2, 0.25) is 0 Å². The third-order valence-electron chi connectivity index (χ3n) is 5.27. The second kappa shape index (κ2) is 15.8. The normalized spacial score (nSPS) is 14.0. The molecule has 38 heavy (non-hydrogen) atoms. The lowest BCUT2D eigenvalue weighted by molar-refractivity contribution is -0.144. The number of hydrogen-bond acceptors (Lipinski definition) is 8. The zero-order chi connectivity index (χ0) is 28.8.